The molecule has 138 valence electrons. The number of amides is 1. The third-order valence-corrected chi connectivity index (χ3v) is 5.05. The van der Waals surface area contributed by atoms with Crippen LogP contribution < -0.4 is 14.8 Å². The van der Waals surface area contributed by atoms with Gasteiger partial charge in [0.05, 0.1) is 19.4 Å². The molecule has 1 aromatic carbocycles. The van der Waals surface area contributed by atoms with Crippen LogP contribution >= 0.6 is 0 Å². The van der Waals surface area contributed by atoms with Crippen molar-refractivity contribution in [3.63, 3.8) is 0 Å². The van der Waals surface area contributed by atoms with Crippen molar-refractivity contribution in [2.24, 2.45) is 0 Å². The van der Waals surface area contributed by atoms with Gasteiger partial charge < -0.3 is 19.3 Å². The highest BCUT2D eigenvalue weighted by Gasteiger charge is 2.27. The lowest BCUT2D eigenvalue weighted by Crippen LogP contribution is -2.33. The average Bonchev–Trinajstić information content (AvgIpc) is 3.33. The second kappa shape index (κ2) is 7.35. The second-order valence-electron chi connectivity index (χ2n) is 6.96. The maximum absolute atomic E-state index is 12.1. The first-order valence-electron chi connectivity index (χ1n) is 9.13. The molecular formula is C19H23N3O4. The predicted octanol–water partition coefficient (Wildman–Crippen LogP) is 2.40. The van der Waals surface area contributed by atoms with Gasteiger partial charge in [-0.25, -0.2) is 0 Å². The van der Waals surface area contributed by atoms with Gasteiger partial charge in [-0.05, 0) is 43.0 Å². The van der Waals surface area contributed by atoms with Crippen molar-refractivity contribution < 1.29 is 18.8 Å². The van der Waals surface area contributed by atoms with E-state index in [2.05, 4.69) is 15.5 Å². The quantitative estimate of drug-likeness (QED) is 0.884. The minimum absolute atomic E-state index is 0.0197. The molecule has 1 aromatic heterocycles. The number of hydrogen-bond acceptors (Lipinski definition) is 6. The van der Waals surface area contributed by atoms with E-state index < -0.39 is 0 Å². The highest BCUT2D eigenvalue weighted by atomic mass is 16.5. The lowest BCUT2D eigenvalue weighted by atomic mass is 9.96. The van der Waals surface area contributed by atoms with Crippen LogP contribution in [0.1, 0.15) is 48.9 Å². The topological polar surface area (TPSA) is 86.5 Å². The van der Waals surface area contributed by atoms with Crippen molar-refractivity contribution in [3.8, 4) is 11.5 Å². The largest absolute Gasteiger partial charge is 0.497 e. The maximum Gasteiger partial charge on any atom is 0.233 e. The zero-order chi connectivity index (χ0) is 17.9. The van der Waals surface area contributed by atoms with Crippen LogP contribution in [-0.4, -0.2) is 35.8 Å². The van der Waals surface area contributed by atoms with E-state index in [0.29, 0.717) is 24.4 Å². The molecule has 2 aliphatic rings. The number of nitrogens with one attached hydrogen (secondary N) is 1. The molecule has 26 heavy (non-hydrogen) atoms. The number of aromatic nitrogens is 2. The molecule has 2 heterocycles. The normalized spacial score (nSPS) is 19.7. The lowest BCUT2D eigenvalue weighted by molar-refractivity contribution is -0.121. The fraction of sp³-hybridized carbons (Fsp3) is 0.526. The molecule has 1 saturated carbocycles. The van der Waals surface area contributed by atoms with Crippen molar-refractivity contribution in [2.75, 3.05) is 13.7 Å². The van der Waals surface area contributed by atoms with Crippen LogP contribution in [0.15, 0.2) is 22.7 Å². The van der Waals surface area contributed by atoms with E-state index >= 15 is 0 Å². The molecule has 1 aliphatic carbocycles. The van der Waals surface area contributed by atoms with Crippen LogP contribution in [0.3, 0.4) is 0 Å². The number of rotatable bonds is 5. The van der Waals surface area contributed by atoms with E-state index in [4.69, 9.17) is 14.0 Å². The van der Waals surface area contributed by atoms with Gasteiger partial charge in [0, 0.05) is 6.04 Å². The highest BCUT2D eigenvalue weighted by molar-refractivity contribution is 5.78. The van der Waals surface area contributed by atoms with E-state index in [1.165, 1.54) is 12.8 Å². The Labute approximate surface area is 152 Å². The third kappa shape index (κ3) is 3.66. The number of benzene rings is 1. The highest BCUT2D eigenvalue weighted by Crippen LogP contribution is 2.34. The fourth-order valence-corrected chi connectivity index (χ4v) is 3.65. The number of nitrogens with zero attached hydrogens (tertiary/aromatic N) is 2. The number of fused-ring (bicyclic) bond motifs is 1. The molecule has 1 N–H and O–H groups in total. The minimum Gasteiger partial charge on any atom is -0.497 e. The van der Waals surface area contributed by atoms with Crippen molar-refractivity contribution in [1.29, 1.82) is 0 Å². The fourth-order valence-electron chi connectivity index (χ4n) is 3.65. The van der Waals surface area contributed by atoms with E-state index in [0.717, 1.165) is 36.3 Å². The first-order chi connectivity index (χ1) is 12.7. The van der Waals surface area contributed by atoms with Crippen molar-refractivity contribution >= 4 is 5.91 Å². The van der Waals surface area contributed by atoms with Crippen LogP contribution in [0.4, 0.5) is 0 Å². The van der Waals surface area contributed by atoms with Gasteiger partial charge in [0.2, 0.25) is 11.8 Å². The van der Waals surface area contributed by atoms with Crippen LogP contribution in [0.25, 0.3) is 0 Å². The Morgan fingerprint density at radius 3 is 3.00 bits per heavy atom. The third-order valence-electron chi connectivity index (χ3n) is 5.05. The molecule has 7 nitrogen and oxygen atoms in total. The monoisotopic (exact) mass is 357 g/mol. The summed E-state index contributed by atoms with van der Waals surface area (Å²) in [5, 5.41) is 7.01. The van der Waals surface area contributed by atoms with Gasteiger partial charge in [-0.2, -0.15) is 4.98 Å². The lowest BCUT2D eigenvalue weighted by Gasteiger charge is -2.23. The van der Waals surface area contributed by atoms with Gasteiger partial charge in [-0.15, -0.1) is 0 Å². The van der Waals surface area contributed by atoms with Gasteiger partial charge in [0.15, 0.2) is 5.82 Å². The molecule has 1 atom stereocenters. The molecule has 1 aliphatic heterocycles. The number of carbonyl (C=O) groups is 1. The SMILES string of the molecule is COc1ccc2c(c1)CC(c1nc(CC(=O)NC3CCCC3)no1)CO2. The molecule has 1 amide bonds. The molecule has 1 fully saturated rings. The standard InChI is InChI=1S/C19H23N3O4/c1-24-15-6-7-16-12(9-15)8-13(11-25-16)19-21-17(22-26-19)10-18(23)20-14-4-2-3-5-14/h6-7,9,13-14H,2-5,8,10-11H2,1H3,(H,20,23). The molecule has 1 unspecified atom stereocenters. The zero-order valence-corrected chi connectivity index (χ0v) is 14.9. The zero-order valence-electron chi connectivity index (χ0n) is 14.9. The van der Waals surface area contributed by atoms with Gasteiger partial charge in [0.1, 0.15) is 18.1 Å². The molecule has 0 radical (unpaired) electrons. The summed E-state index contributed by atoms with van der Waals surface area (Å²) < 4.78 is 16.5. The van der Waals surface area contributed by atoms with Crippen LogP contribution in [0, 0.1) is 0 Å². The van der Waals surface area contributed by atoms with Crippen molar-refractivity contribution in [1.82, 2.24) is 15.5 Å². The second-order valence-corrected chi connectivity index (χ2v) is 6.96. The van der Waals surface area contributed by atoms with E-state index in [9.17, 15) is 4.79 Å². The molecular weight excluding hydrogens is 334 g/mol. The Morgan fingerprint density at radius 2 is 2.19 bits per heavy atom. The molecule has 4 rings (SSSR count). The molecule has 0 saturated heterocycles. The minimum atomic E-state index is -0.0424. The Balaban J connectivity index is 1.39. The van der Waals surface area contributed by atoms with Crippen LogP contribution in [0.2, 0.25) is 0 Å². The van der Waals surface area contributed by atoms with Gasteiger partial charge >= 0.3 is 0 Å². The Bertz CT molecular complexity index is 783. The van der Waals surface area contributed by atoms with Crippen LogP contribution in [0.5, 0.6) is 11.5 Å². The van der Waals surface area contributed by atoms with E-state index in [-0.39, 0.29) is 18.2 Å². The molecule has 0 bridgehead atoms. The summed E-state index contributed by atoms with van der Waals surface area (Å²) >= 11 is 0. The summed E-state index contributed by atoms with van der Waals surface area (Å²) in [5.41, 5.74) is 1.05. The summed E-state index contributed by atoms with van der Waals surface area (Å²) in [6.07, 6.45) is 5.38. The molecule has 0 spiro atoms. The smallest absolute Gasteiger partial charge is 0.233 e. The van der Waals surface area contributed by atoms with Gasteiger partial charge in [0.25, 0.3) is 0 Å². The van der Waals surface area contributed by atoms with Crippen molar-refractivity contribution in [2.45, 2.75) is 50.5 Å². The Morgan fingerprint density at radius 1 is 1.35 bits per heavy atom. The summed E-state index contributed by atoms with van der Waals surface area (Å²) in [4.78, 5) is 16.5. The number of ether oxygens (including phenoxy) is 2. The van der Waals surface area contributed by atoms with Gasteiger partial charge in [-0.3, -0.25) is 4.79 Å². The first kappa shape index (κ1) is 16.9. The summed E-state index contributed by atoms with van der Waals surface area (Å²) in [6.45, 7) is 0.481. The van der Waals surface area contributed by atoms with Crippen molar-refractivity contribution in [3.05, 3.63) is 35.5 Å². The summed E-state index contributed by atoms with van der Waals surface area (Å²) in [5.74, 6) is 2.53. The summed E-state index contributed by atoms with van der Waals surface area (Å²) in [6, 6.07) is 6.06. The van der Waals surface area contributed by atoms with Gasteiger partial charge in [-0.1, -0.05) is 18.0 Å². The first-order valence-corrected chi connectivity index (χ1v) is 9.13. The average molecular weight is 357 g/mol. The number of methoxy groups -OCH3 is 1. The Kier molecular flexibility index (Phi) is 4.77. The maximum atomic E-state index is 12.1. The summed E-state index contributed by atoms with van der Waals surface area (Å²) in [7, 11) is 1.64. The van der Waals surface area contributed by atoms with E-state index in [1.54, 1.807) is 7.11 Å². The van der Waals surface area contributed by atoms with Crippen LogP contribution in [-0.2, 0) is 17.6 Å². The van der Waals surface area contributed by atoms with E-state index in [1.807, 2.05) is 18.2 Å². The Hall–Kier alpha value is -2.57. The molecule has 7 heteroatoms. The molecule has 2 aromatic rings. The number of hydrogen-bond donors (Lipinski definition) is 1. The predicted molar refractivity (Wildman–Crippen MR) is 93.3 cm³/mol. The number of carbonyl (C=O) groups excluding carboxylic acids is 1.